The van der Waals surface area contributed by atoms with E-state index >= 15 is 0 Å². The summed E-state index contributed by atoms with van der Waals surface area (Å²) in [5, 5.41) is 8.89. The van der Waals surface area contributed by atoms with Crippen LogP contribution >= 0.6 is 0 Å². The van der Waals surface area contributed by atoms with E-state index in [2.05, 4.69) is 4.98 Å². The molecule has 5 nitrogen and oxygen atoms in total. The van der Waals surface area contributed by atoms with Crippen molar-refractivity contribution in [3.05, 3.63) is 23.9 Å². The molecule has 0 saturated carbocycles. The molecule has 1 aliphatic rings. The molecular weight excluding hydrogens is 198 g/mol. The molecule has 1 aromatic heterocycles. The molecule has 0 aromatic carbocycles. The van der Waals surface area contributed by atoms with E-state index in [1.54, 1.807) is 6.07 Å². The molecule has 2 rings (SSSR count). The maximum atomic E-state index is 10.8. The smallest absolute Gasteiger partial charge is 0.341 e. The molecule has 0 amide bonds. The van der Waals surface area contributed by atoms with Gasteiger partial charge in [-0.15, -0.1) is 0 Å². The second-order valence-electron chi connectivity index (χ2n) is 3.26. The van der Waals surface area contributed by atoms with Crippen molar-refractivity contribution in [3.8, 4) is 5.88 Å². The average Bonchev–Trinajstić information content (AvgIpc) is 2.71. The number of rotatable bonds is 3. The van der Waals surface area contributed by atoms with E-state index in [0.717, 1.165) is 6.42 Å². The molecule has 0 radical (unpaired) electrons. The largest absolute Gasteiger partial charge is 0.477 e. The number of pyridine rings is 1. The summed E-state index contributed by atoms with van der Waals surface area (Å²) in [5.74, 6) is -0.863. The Morgan fingerprint density at radius 3 is 3.20 bits per heavy atom. The predicted octanol–water partition coefficient (Wildman–Crippen LogP) is 0.948. The minimum absolute atomic E-state index is 0.0852. The van der Waals surface area contributed by atoms with Crippen LogP contribution in [-0.4, -0.2) is 35.4 Å². The van der Waals surface area contributed by atoms with Gasteiger partial charge in [-0.05, 0) is 12.1 Å². The monoisotopic (exact) mass is 209 g/mol. The van der Waals surface area contributed by atoms with Gasteiger partial charge in [-0.25, -0.2) is 9.78 Å². The third kappa shape index (κ3) is 2.24. The van der Waals surface area contributed by atoms with Crippen LogP contribution in [0.4, 0.5) is 0 Å². The Labute approximate surface area is 86.7 Å². The van der Waals surface area contributed by atoms with Gasteiger partial charge < -0.3 is 14.6 Å². The lowest BCUT2D eigenvalue weighted by molar-refractivity contribution is 0.0685. The standard InChI is InChI=1S/C10H11NO4/c12-10(13)8-2-1-4-11-9(8)15-7-3-5-14-6-7/h1-2,4,7H,3,5-6H2,(H,12,13)/t7-/m1/s1. The molecule has 80 valence electrons. The number of hydrogen-bond donors (Lipinski definition) is 1. The second-order valence-corrected chi connectivity index (χ2v) is 3.26. The molecule has 5 heteroatoms. The fourth-order valence-electron chi connectivity index (χ4n) is 1.41. The Balaban J connectivity index is 2.15. The zero-order valence-electron chi connectivity index (χ0n) is 8.05. The summed E-state index contributed by atoms with van der Waals surface area (Å²) >= 11 is 0. The van der Waals surface area contributed by atoms with E-state index in [-0.39, 0.29) is 17.5 Å². The lowest BCUT2D eigenvalue weighted by Crippen LogP contribution is -2.18. The lowest BCUT2D eigenvalue weighted by Gasteiger charge is -2.11. The van der Waals surface area contributed by atoms with Crippen molar-refractivity contribution in [2.45, 2.75) is 12.5 Å². The van der Waals surface area contributed by atoms with Crippen molar-refractivity contribution in [2.75, 3.05) is 13.2 Å². The van der Waals surface area contributed by atoms with Crippen molar-refractivity contribution < 1.29 is 19.4 Å². The Morgan fingerprint density at radius 2 is 2.53 bits per heavy atom. The van der Waals surface area contributed by atoms with Crippen LogP contribution < -0.4 is 4.74 Å². The van der Waals surface area contributed by atoms with E-state index in [0.29, 0.717) is 13.2 Å². The Bertz CT molecular complexity index is 360. The topological polar surface area (TPSA) is 68.7 Å². The van der Waals surface area contributed by atoms with Crippen LogP contribution in [0.3, 0.4) is 0 Å². The van der Waals surface area contributed by atoms with E-state index < -0.39 is 5.97 Å². The first kappa shape index (κ1) is 9.92. The van der Waals surface area contributed by atoms with E-state index in [1.165, 1.54) is 12.3 Å². The quantitative estimate of drug-likeness (QED) is 0.802. The molecule has 0 bridgehead atoms. The number of ether oxygens (including phenoxy) is 2. The second kappa shape index (κ2) is 4.27. The highest BCUT2D eigenvalue weighted by Crippen LogP contribution is 2.18. The molecule has 1 fully saturated rings. The van der Waals surface area contributed by atoms with Crippen LogP contribution in [0.5, 0.6) is 5.88 Å². The highest BCUT2D eigenvalue weighted by Gasteiger charge is 2.20. The first-order valence-electron chi connectivity index (χ1n) is 4.70. The molecule has 0 spiro atoms. The first-order chi connectivity index (χ1) is 7.27. The summed E-state index contributed by atoms with van der Waals surface area (Å²) in [6.07, 6.45) is 2.20. The summed E-state index contributed by atoms with van der Waals surface area (Å²) in [6.45, 7) is 1.15. The van der Waals surface area contributed by atoms with Gasteiger partial charge in [0, 0.05) is 12.6 Å². The fourth-order valence-corrected chi connectivity index (χ4v) is 1.41. The highest BCUT2D eigenvalue weighted by atomic mass is 16.5. The molecule has 0 aliphatic carbocycles. The van der Waals surface area contributed by atoms with Gasteiger partial charge in [0.1, 0.15) is 11.7 Å². The molecule has 2 heterocycles. The molecule has 0 unspecified atom stereocenters. The Kier molecular flexibility index (Phi) is 2.82. The normalized spacial score (nSPS) is 20.1. The van der Waals surface area contributed by atoms with Crippen LogP contribution in [0.15, 0.2) is 18.3 Å². The molecule has 1 aromatic rings. The van der Waals surface area contributed by atoms with Gasteiger partial charge in [-0.3, -0.25) is 0 Å². The maximum absolute atomic E-state index is 10.8. The number of nitrogens with zero attached hydrogens (tertiary/aromatic N) is 1. The van der Waals surface area contributed by atoms with Crippen molar-refractivity contribution in [3.63, 3.8) is 0 Å². The highest BCUT2D eigenvalue weighted by molar-refractivity contribution is 5.90. The van der Waals surface area contributed by atoms with Crippen molar-refractivity contribution in [2.24, 2.45) is 0 Å². The van der Waals surface area contributed by atoms with Crippen molar-refractivity contribution in [1.82, 2.24) is 4.98 Å². The zero-order chi connectivity index (χ0) is 10.7. The van der Waals surface area contributed by atoms with Crippen molar-refractivity contribution >= 4 is 5.97 Å². The third-order valence-electron chi connectivity index (χ3n) is 2.17. The Hall–Kier alpha value is -1.62. The van der Waals surface area contributed by atoms with Gasteiger partial charge >= 0.3 is 5.97 Å². The van der Waals surface area contributed by atoms with Crippen LogP contribution in [0.2, 0.25) is 0 Å². The SMILES string of the molecule is O=C(O)c1cccnc1O[C@@H]1CCOC1. The zero-order valence-corrected chi connectivity index (χ0v) is 8.05. The minimum atomic E-state index is -1.03. The number of carboxylic acid groups (broad SMARTS) is 1. The molecule has 1 saturated heterocycles. The van der Waals surface area contributed by atoms with Crippen LogP contribution in [-0.2, 0) is 4.74 Å². The molecule has 1 aliphatic heterocycles. The van der Waals surface area contributed by atoms with E-state index in [1.807, 2.05) is 0 Å². The maximum Gasteiger partial charge on any atom is 0.341 e. The number of aromatic carboxylic acids is 1. The van der Waals surface area contributed by atoms with Gasteiger partial charge in [0.25, 0.3) is 0 Å². The number of aromatic nitrogens is 1. The first-order valence-corrected chi connectivity index (χ1v) is 4.70. The van der Waals surface area contributed by atoms with Crippen LogP contribution in [0, 0.1) is 0 Å². The summed E-state index contributed by atoms with van der Waals surface area (Å²) in [4.78, 5) is 14.7. The van der Waals surface area contributed by atoms with Gasteiger partial charge in [-0.2, -0.15) is 0 Å². The van der Waals surface area contributed by atoms with Crippen molar-refractivity contribution in [1.29, 1.82) is 0 Å². The van der Waals surface area contributed by atoms with Gasteiger partial charge in [0.15, 0.2) is 0 Å². The molecular formula is C10H11NO4. The summed E-state index contributed by atoms with van der Waals surface area (Å²) in [6, 6.07) is 3.04. The predicted molar refractivity (Wildman–Crippen MR) is 51.0 cm³/mol. The summed E-state index contributed by atoms with van der Waals surface area (Å²) < 4.78 is 10.6. The molecule has 1 atom stereocenters. The number of carboxylic acids is 1. The fraction of sp³-hybridized carbons (Fsp3) is 0.400. The van der Waals surface area contributed by atoms with Gasteiger partial charge in [-0.1, -0.05) is 0 Å². The number of carbonyl (C=O) groups is 1. The molecule has 15 heavy (non-hydrogen) atoms. The lowest BCUT2D eigenvalue weighted by atomic mass is 10.2. The van der Waals surface area contributed by atoms with Crippen LogP contribution in [0.1, 0.15) is 16.8 Å². The van der Waals surface area contributed by atoms with E-state index in [4.69, 9.17) is 14.6 Å². The van der Waals surface area contributed by atoms with Gasteiger partial charge in [0.2, 0.25) is 5.88 Å². The van der Waals surface area contributed by atoms with Gasteiger partial charge in [0.05, 0.1) is 13.2 Å². The number of hydrogen-bond acceptors (Lipinski definition) is 4. The third-order valence-corrected chi connectivity index (χ3v) is 2.17. The Morgan fingerprint density at radius 1 is 1.67 bits per heavy atom. The average molecular weight is 209 g/mol. The van der Waals surface area contributed by atoms with Crippen LogP contribution in [0.25, 0.3) is 0 Å². The minimum Gasteiger partial charge on any atom is -0.477 e. The molecule has 1 N–H and O–H groups in total. The van der Waals surface area contributed by atoms with E-state index in [9.17, 15) is 4.79 Å². The summed E-state index contributed by atoms with van der Waals surface area (Å²) in [5.41, 5.74) is 0.0874. The summed E-state index contributed by atoms with van der Waals surface area (Å²) in [7, 11) is 0.